The number of amides is 1. The number of para-hydroxylation sites is 1. The van der Waals surface area contributed by atoms with Crippen molar-refractivity contribution in [3.8, 4) is 5.75 Å². The first-order valence-corrected chi connectivity index (χ1v) is 3.61. The van der Waals surface area contributed by atoms with E-state index in [0.717, 1.165) is 10.7 Å². The summed E-state index contributed by atoms with van der Waals surface area (Å²) in [5, 5.41) is 0.766. The molecule has 1 aliphatic rings. The van der Waals surface area contributed by atoms with Gasteiger partial charge >= 0.3 is 0 Å². The number of nitrogens with zero attached hydrogens (tertiary/aromatic N) is 1. The molecular weight excluding hydrogens is 156 g/mol. The summed E-state index contributed by atoms with van der Waals surface area (Å²) in [4.78, 5) is 16.0. The highest BCUT2D eigenvalue weighted by atomic mass is 16.7. The molecule has 0 bridgehead atoms. The van der Waals surface area contributed by atoms with Crippen LogP contribution in [-0.4, -0.2) is 11.1 Å². The molecule has 0 spiro atoms. The van der Waals surface area contributed by atoms with Crippen molar-refractivity contribution < 1.29 is 9.63 Å². The number of benzene rings is 1. The number of hydrogen-bond acceptors (Lipinski definition) is 3. The van der Waals surface area contributed by atoms with Crippen LogP contribution in [0.5, 0.6) is 5.75 Å². The fraction of sp³-hybridized carbons (Fsp3) is 0.125. The summed E-state index contributed by atoms with van der Waals surface area (Å²) in [6.45, 7) is 0. The third-order valence-electron chi connectivity index (χ3n) is 1.76. The highest BCUT2D eigenvalue weighted by molar-refractivity contribution is 5.79. The summed E-state index contributed by atoms with van der Waals surface area (Å²) in [7, 11) is 0. The van der Waals surface area contributed by atoms with Crippen molar-refractivity contribution in [3.63, 3.8) is 0 Å². The van der Waals surface area contributed by atoms with Crippen LogP contribution in [0.25, 0.3) is 0 Å². The maximum absolute atomic E-state index is 11.0. The maximum atomic E-state index is 11.0. The number of fused-ring (bicyclic) bond motifs is 1. The number of carbonyl (C=O) groups excluding carboxylic acids is 1. The molecule has 4 nitrogen and oxygen atoms in total. The zero-order valence-electron chi connectivity index (χ0n) is 6.36. The number of hydrazine groups is 1. The lowest BCUT2D eigenvalue weighted by molar-refractivity contribution is -0.160. The number of rotatable bonds is 0. The van der Waals surface area contributed by atoms with Gasteiger partial charge in [-0.25, -0.2) is 5.84 Å². The van der Waals surface area contributed by atoms with Gasteiger partial charge in [-0.15, -0.1) is 5.17 Å². The molecule has 0 fully saturated rings. The van der Waals surface area contributed by atoms with E-state index in [1.807, 2.05) is 18.2 Å². The monoisotopic (exact) mass is 164 g/mol. The number of carbonyl (C=O) groups is 1. The Morgan fingerprint density at radius 3 is 3.00 bits per heavy atom. The minimum Gasteiger partial charge on any atom is -0.361 e. The van der Waals surface area contributed by atoms with Gasteiger partial charge in [0.25, 0.3) is 5.91 Å². The largest absolute Gasteiger partial charge is 0.361 e. The Morgan fingerprint density at radius 2 is 2.17 bits per heavy atom. The van der Waals surface area contributed by atoms with E-state index in [2.05, 4.69) is 0 Å². The van der Waals surface area contributed by atoms with Gasteiger partial charge in [-0.1, -0.05) is 18.2 Å². The molecule has 0 atom stereocenters. The fourth-order valence-electron chi connectivity index (χ4n) is 1.14. The van der Waals surface area contributed by atoms with E-state index in [1.165, 1.54) is 0 Å². The zero-order valence-corrected chi connectivity index (χ0v) is 6.36. The predicted molar refractivity (Wildman–Crippen MR) is 41.8 cm³/mol. The van der Waals surface area contributed by atoms with Gasteiger partial charge < -0.3 is 4.84 Å². The molecule has 0 aromatic heterocycles. The number of hydrogen-bond donors (Lipinski definition) is 1. The minimum atomic E-state index is -0.228. The van der Waals surface area contributed by atoms with Gasteiger partial charge in [-0.05, 0) is 6.07 Å². The van der Waals surface area contributed by atoms with Crippen LogP contribution in [0.2, 0.25) is 0 Å². The summed E-state index contributed by atoms with van der Waals surface area (Å²) in [5.74, 6) is 5.68. The van der Waals surface area contributed by atoms with Crippen molar-refractivity contribution in [3.05, 3.63) is 29.8 Å². The van der Waals surface area contributed by atoms with Gasteiger partial charge in [-0.3, -0.25) is 4.79 Å². The zero-order chi connectivity index (χ0) is 8.55. The number of hydroxylamine groups is 1. The molecule has 1 heterocycles. The summed E-state index contributed by atoms with van der Waals surface area (Å²) in [6.07, 6.45) is 0.312. The average molecular weight is 164 g/mol. The van der Waals surface area contributed by atoms with Gasteiger partial charge in [0.2, 0.25) is 0 Å². The van der Waals surface area contributed by atoms with E-state index in [4.69, 9.17) is 10.7 Å². The van der Waals surface area contributed by atoms with Crippen LogP contribution in [0.15, 0.2) is 24.3 Å². The third-order valence-corrected chi connectivity index (χ3v) is 1.76. The molecule has 2 rings (SSSR count). The molecule has 0 radical (unpaired) electrons. The summed E-state index contributed by atoms with van der Waals surface area (Å²) < 4.78 is 0. The van der Waals surface area contributed by atoms with E-state index < -0.39 is 0 Å². The maximum Gasteiger partial charge on any atom is 0.276 e. The molecule has 12 heavy (non-hydrogen) atoms. The first-order valence-electron chi connectivity index (χ1n) is 3.61. The molecule has 2 N–H and O–H groups in total. The van der Waals surface area contributed by atoms with E-state index >= 15 is 0 Å². The van der Waals surface area contributed by atoms with Crippen LogP contribution in [0.3, 0.4) is 0 Å². The van der Waals surface area contributed by atoms with Crippen molar-refractivity contribution in [2.45, 2.75) is 6.42 Å². The second kappa shape index (κ2) is 2.49. The molecule has 0 unspecified atom stereocenters. The van der Waals surface area contributed by atoms with Crippen LogP contribution in [0, 0.1) is 0 Å². The molecule has 1 aromatic carbocycles. The van der Waals surface area contributed by atoms with Gasteiger partial charge in [0.1, 0.15) is 0 Å². The lowest BCUT2D eigenvalue weighted by Crippen LogP contribution is -2.44. The number of nitrogens with two attached hydrogens (primary N) is 1. The normalized spacial score (nSPS) is 15.4. The molecule has 62 valence electrons. The Kier molecular flexibility index (Phi) is 1.48. The minimum absolute atomic E-state index is 0.228. The highest BCUT2D eigenvalue weighted by Crippen LogP contribution is 2.22. The Labute approximate surface area is 69.5 Å². The van der Waals surface area contributed by atoms with Crippen LogP contribution in [-0.2, 0) is 11.2 Å². The molecule has 4 heteroatoms. The predicted octanol–water partition coefficient (Wildman–Crippen LogP) is 0.239. The SMILES string of the molecule is NN1Oc2ccccc2CC1=O. The quantitative estimate of drug-likeness (QED) is 0.441. The third kappa shape index (κ3) is 1.02. The second-order valence-corrected chi connectivity index (χ2v) is 2.60. The van der Waals surface area contributed by atoms with Crippen molar-refractivity contribution in [2.75, 3.05) is 0 Å². The Bertz CT molecular complexity index is 325. The Balaban J connectivity index is 2.40. The average Bonchev–Trinajstić information content (AvgIpc) is 2.07. The van der Waals surface area contributed by atoms with Crippen molar-refractivity contribution in [1.29, 1.82) is 0 Å². The van der Waals surface area contributed by atoms with Crippen LogP contribution in [0.4, 0.5) is 0 Å². The van der Waals surface area contributed by atoms with Gasteiger partial charge in [0.05, 0.1) is 6.42 Å². The second-order valence-electron chi connectivity index (χ2n) is 2.60. The van der Waals surface area contributed by atoms with E-state index in [-0.39, 0.29) is 5.91 Å². The van der Waals surface area contributed by atoms with Crippen LogP contribution in [0.1, 0.15) is 5.56 Å². The van der Waals surface area contributed by atoms with Crippen LogP contribution < -0.4 is 10.7 Å². The topological polar surface area (TPSA) is 55.6 Å². The fourth-order valence-corrected chi connectivity index (χ4v) is 1.14. The lowest BCUT2D eigenvalue weighted by atomic mass is 10.1. The molecule has 1 aliphatic heterocycles. The standard InChI is InChI=1S/C8H8N2O2/c9-10-8(11)5-6-3-1-2-4-7(6)12-10/h1-4H,5,9H2. The molecule has 1 aromatic rings. The van der Waals surface area contributed by atoms with Crippen molar-refractivity contribution in [2.24, 2.45) is 5.84 Å². The van der Waals surface area contributed by atoms with Crippen LogP contribution >= 0.6 is 0 Å². The lowest BCUT2D eigenvalue weighted by Gasteiger charge is -2.23. The first-order chi connectivity index (χ1) is 5.77. The first kappa shape index (κ1) is 7.12. The van der Waals surface area contributed by atoms with E-state index in [9.17, 15) is 4.79 Å². The molecule has 0 aliphatic carbocycles. The van der Waals surface area contributed by atoms with Crippen molar-refractivity contribution in [1.82, 2.24) is 5.17 Å². The molecule has 1 amide bonds. The Morgan fingerprint density at radius 1 is 1.42 bits per heavy atom. The smallest absolute Gasteiger partial charge is 0.276 e. The van der Waals surface area contributed by atoms with E-state index in [0.29, 0.717) is 12.2 Å². The molecule has 0 saturated heterocycles. The van der Waals surface area contributed by atoms with E-state index in [1.54, 1.807) is 6.07 Å². The summed E-state index contributed by atoms with van der Waals surface area (Å²) >= 11 is 0. The molecular formula is C8H8N2O2. The van der Waals surface area contributed by atoms with Gasteiger partial charge in [0, 0.05) is 5.56 Å². The highest BCUT2D eigenvalue weighted by Gasteiger charge is 2.21. The van der Waals surface area contributed by atoms with Gasteiger partial charge in [0.15, 0.2) is 5.75 Å². The molecule has 0 saturated carbocycles. The van der Waals surface area contributed by atoms with Crippen molar-refractivity contribution >= 4 is 5.91 Å². The van der Waals surface area contributed by atoms with Gasteiger partial charge in [-0.2, -0.15) is 0 Å². The summed E-state index contributed by atoms with van der Waals surface area (Å²) in [5.41, 5.74) is 0.879. The summed E-state index contributed by atoms with van der Waals surface area (Å²) in [6, 6.07) is 7.33. The Hall–Kier alpha value is -1.55.